The minimum Gasteiger partial charge on any atom is -0.489 e. The molecule has 0 heterocycles. The van der Waals surface area contributed by atoms with Crippen LogP contribution in [0.3, 0.4) is 0 Å². The molecule has 0 saturated carbocycles. The number of hydrogen-bond donors (Lipinski definition) is 1. The predicted octanol–water partition coefficient (Wildman–Crippen LogP) is 3.19. The molecular formula is C15H23NO. The molecule has 0 radical (unpaired) electrons. The topological polar surface area (TPSA) is 35.2 Å². The number of benzene rings is 1. The average Bonchev–Trinajstić information content (AvgIpc) is 2.23. The van der Waals surface area contributed by atoms with Crippen LogP contribution in [-0.2, 0) is 5.41 Å². The number of aryl methyl sites for hydroxylation is 1. The standard InChI is InChI=1S/C15H23NO/c1-12-7-8-13(15(2,3)4)14(11-12)17-10-6-5-9-16/h5-8,11H,9-10,16H2,1-4H3. The summed E-state index contributed by atoms with van der Waals surface area (Å²) in [5, 5.41) is 0. The molecule has 0 fully saturated rings. The van der Waals surface area contributed by atoms with Gasteiger partial charge < -0.3 is 10.5 Å². The number of nitrogens with two attached hydrogens (primary N) is 1. The summed E-state index contributed by atoms with van der Waals surface area (Å²) in [5.41, 5.74) is 7.95. The van der Waals surface area contributed by atoms with Crippen LogP contribution in [0.1, 0.15) is 31.9 Å². The van der Waals surface area contributed by atoms with Crippen molar-refractivity contribution in [1.82, 2.24) is 0 Å². The molecule has 0 atom stereocenters. The normalized spacial score (nSPS) is 12.1. The second-order valence-corrected chi connectivity index (χ2v) is 5.27. The van der Waals surface area contributed by atoms with E-state index in [9.17, 15) is 0 Å². The molecule has 0 amide bonds. The Morgan fingerprint density at radius 3 is 2.53 bits per heavy atom. The fraction of sp³-hybridized carbons (Fsp3) is 0.467. The van der Waals surface area contributed by atoms with E-state index in [2.05, 4.69) is 45.9 Å². The van der Waals surface area contributed by atoms with E-state index in [1.807, 2.05) is 12.2 Å². The molecule has 2 heteroatoms. The molecule has 0 aliphatic heterocycles. The Labute approximate surface area is 104 Å². The highest BCUT2D eigenvalue weighted by molar-refractivity contribution is 5.41. The van der Waals surface area contributed by atoms with Gasteiger partial charge in [0.25, 0.3) is 0 Å². The maximum Gasteiger partial charge on any atom is 0.123 e. The third kappa shape index (κ3) is 4.23. The Bertz CT molecular complexity index is 388. The molecule has 0 aliphatic rings. The van der Waals surface area contributed by atoms with Crippen molar-refractivity contribution >= 4 is 0 Å². The quantitative estimate of drug-likeness (QED) is 0.811. The van der Waals surface area contributed by atoms with Gasteiger partial charge in [-0.2, -0.15) is 0 Å². The van der Waals surface area contributed by atoms with Crippen molar-refractivity contribution in [3.8, 4) is 5.75 Å². The highest BCUT2D eigenvalue weighted by Crippen LogP contribution is 2.31. The maximum atomic E-state index is 5.80. The SMILES string of the molecule is Cc1ccc(C(C)(C)C)c(OCC=CCN)c1. The zero-order valence-corrected chi connectivity index (χ0v) is 11.3. The van der Waals surface area contributed by atoms with Crippen LogP contribution in [-0.4, -0.2) is 13.2 Å². The van der Waals surface area contributed by atoms with Gasteiger partial charge in [-0.1, -0.05) is 45.1 Å². The van der Waals surface area contributed by atoms with Crippen LogP contribution in [0.5, 0.6) is 5.75 Å². The van der Waals surface area contributed by atoms with Crippen LogP contribution in [0.2, 0.25) is 0 Å². The summed E-state index contributed by atoms with van der Waals surface area (Å²) < 4.78 is 5.80. The Balaban J connectivity index is 2.88. The summed E-state index contributed by atoms with van der Waals surface area (Å²) in [6.07, 6.45) is 3.86. The summed E-state index contributed by atoms with van der Waals surface area (Å²) >= 11 is 0. The monoisotopic (exact) mass is 233 g/mol. The third-order valence-corrected chi connectivity index (χ3v) is 2.58. The van der Waals surface area contributed by atoms with E-state index in [-0.39, 0.29) is 5.41 Å². The highest BCUT2D eigenvalue weighted by Gasteiger charge is 2.18. The van der Waals surface area contributed by atoms with Crippen LogP contribution >= 0.6 is 0 Å². The Hall–Kier alpha value is -1.28. The summed E-state index contributed by atoms with van der Waals surface area (Å²) in [5.74, 6) is 0.971. The molecule has 0 aliphatic carbocycles. The zero-order valence-electron chi connectivity index (χ0n) is 11.3. The van der Waals surface area contributed by atoms with Gasteiger partial charge in [0, 0.05) is 6.54 Å². The van der Waals surface area contributed by atoms with Gasteiger partial charge in [-0.25, -0.2) is 0 Å². The van der Waals surface area contributed by atoms with E-state index in [0.717, 1.165) is 5.75 Å². The van der Waals surface area contributed by atoms with Crippen molar-refractivity contribution < 1.29 is 4.74 Å². The van der Waals surface area contributed by atoms with Crippen molar-refractivity contribution in [2.75, 3.05) is 13.2 Å². The molecule has 1 aromatic rings. The van der Waals surface area contributed by atoms with Crippen molar-refractivity contribution in [1.29, 1.82) is 0 Å². The Morgan fingerprint density at radius 2 is 1.94 bits per heavy atom. The number of hydrogen-bond acceptors (Lipinski definition) is 2. The van der Waals surface area contributed by atoms with E-state index >= 15 is 0 Å². The first-order chi connectivity index (χ1) is 7.95. The fourth-order valence-corrected chi connectivity index (χ4v) is 1.67. The van der Waals surface area contributed by atoms with Crippen molar-refractivity contribution in [2.24, 2.45) is 5.73 Å². The van der Waals surface area contributed by atoms with E-state index < -0.39 is 0 Å². The van der Waals surface area contributed by atoms with Crippen molar-refractivity contribution in [3.05, 3.63) is 41.5 Å². The average molecular weight is 233 g/mol. The number of rotatable bonds is 4. The largest absolute Gasteiger partial charge is 0.489 e. The maximum absolute atomic E-state index is 5.80. The summed E-state index contributed by atoms with van der Waals surface area (Å²) in [6.45, 7) is 9.79. The first-order valence-electron chi connectivity index (χ1n) is 6.04. The minimum absolute atomic E-state index is 0.0978. The van der Waals surface area contributed by atoms with Crippen LogP contribution < -0.4 is 10.5 Å². The Morgan fingerprint density at radius 1 is 1.24 bits per heavy atom. The minimum atomic E-state index is 0.0978. The lowest BCUT2D eigenvalue weighted by Crippen LogP contribution is -2.13. The molecule has 2 N–H and O–H groups in total. The fourth-order valence-electron chi connectivity index (χ4n) is 1.67. The van der Waals surface area contributed by atoms with Crippen LogP contribution in [0.25, 0.3) is 0 Å². The van der Waals surface area contributed by atoms with Gasteiger partial charge in [-0.3, -0.25) is 0 Å². The second kappa shape index (κ2) is 5.87. The molecule has 0 spiro atoms. The lowest BCUT2D eigenvalue weighted by molar-refractivity contribution is 0.350. The van der Waals surface area contributed by atoms with Gasteiger partial charge in [-0.15, -0.1) is 0 Å². The first-order valence-corrected chi connectivity index (χ1v) is 6.04. The van der Waals surface area contributed by atoms with Gasteiger partial charge in [0.1, 0.15) is 12.4 Å². The first kappa shape index (κ1) is 13.8. The molecule has 0 saturated heterocycles. The molecule has 0 bridgehead atoms. The predicted molar refractivity (Wildman–Crippen MR) is 73.6 cm³/mol. The van der Waals surface area contributed by atoms with Crippen LogP contribution in [0.4, 0.5) is 0 Å². The molecule has 1 rings (SSSR count). The Kier molecular flexibility index (Phi) is 4.76. The number of ether oxygens (including phenoxy) is 1. The molecule has 2 nitrogen and oxygen atoms in total. The smallest absolute Gasteiger partial charge is 0.123 e. The third-order valence-electron chi connectivity index (χ3n) is 2.58. The zero-order chi connectivity index (χ0) is 12.9. The lowest BCUT2D eigenvalue weighted by atomic mass is 9.86. The molecule has 0 aromatic heterocycles. The van der Waals surface area contributed by atoms with Crippen molar-refractivity contribution in [3.63, 3.8) is 0 Å². The summed E-state index contributed by atoms with van der Waals surface area (Å²) in [6, 6.07) is 6.37. The van der Waals surface area contributed by atoms with Gasteiger partial charge >= 0.3 is 0 Å². The lowest BCUT2D eigenvalue weighted by Gasteiger charge is -2.23. The van der Waals surface area contributed by atoms with Crippen molar-refractivity contribution in [2.45, 2.75) is 33.1 Å². The summed E-state index contributed by atoms with van der Waals surface area (Å²) in [4.78, 5) is 0. The molecule has 94 valence electrons. The molecule has 17 heavy (non-hydrogen) atoms. The molecule has 0 unspecified atom stereocenters. The van der Waals surface area contributed by atoms with Gasteiger partial charge in [0.2, 0.25) is 0 Å². The van der Waals surface area contributed by atoms with Gasteiger partial charge in [0.15, 0.2) is 0 Å². The van der Waals surface area contributed by atoms with E-state index in [1.54, 1.807) is 0 Å². The van der Waals surface area contributed by atoms with E-state index in [0.29, 0.717) is 13.2 Å². The second-order valence-electron chi connectivity index (χ2n) is 5.27. The summed E-state index contributed by atoms with van der Waals surface area (Å²) in [7, 11) is 0. The van der Waals surface area contributed by atoms with Gasteiger partial charge in [-0.05, 0) is 29.5 Å². The highest BCUT2D eigenvalue weighted by atomic mass is 16.5. The van der Waals surface area contributed by atoms with Gasteiger partial charge in [0.05, 0.1) is 0 Å². The van der Waals surface area contributed by atoms with E-state index in [1.165, 1.54) is 11.1 Å². The molecule has 1 aromatic carbocycles. The van der Waals surface area contributed by atoms with E-state index in [4.69, 9.17) is 10.5 Å². The van der Waals surface area contributed by atoms with Crippen LogP contribution in [0, 0.1) is 6.92 Å². The van der Waals surface area contributed by atoms with Crippen LogP contribution in [0.15, 0.2) is 30.4 Å². The molecular weight excluding hydrogens is 210 g/mol.